The van der Waals surface area contributed by atoms with Crippen molar-refractivity contribution >= 4 is 31.9 Å². The Morgan fingerprint density at radius 1 is 1.38 bits per heavy atom. The van der Waals surface area contributed by atoms with E-state index in [1.807, 2.05) is 0 Å². The molecule has 0 bridgehead atoms. The van der Waals surface area contributed by atoms with Crippen molar-refractivity contribution in [1.82, 2.24) is 0 Å². The molecule has 4 heteroatoms. The van der Waals surface area contributed by atoms with Crippen LogP contribution in [0.4, 0.5) is 4.39 Å². The van der Waals surface area contributed by atoms with Crippen molar-refractivity contribution in [2.75, 3.05) is 6.61 Å². The summed E-state index contributed by atoms with van der Waals surface area (Å²) in [6.07, 6.45) is 0. The Kier molecular flexibility index (Phi) is 3.49. The lowest BCUT2D eigenvalue weighted by Crippen LogP contribution is -2.20. The zero-order chi connectivity index (χ0) is 10.1. The number of aliphatic hydroxyl groups excluding tert-OH is 1. The fraction of sp³-hybridized carbons (Fsp3) is 0.333. The molecule has 0 aromatic heterocycles. The van der Waals surface area contributed by atoms with Crippen LogP contribution in [0.25, 0.3) is 0 Å². The maximum Gasteiger partial charge on any atom is 0.156 e. The molecule has 1 unspecified atom stereocenters. The second-order valence-electron chi connectivity index (χ2n) is 2.98. The van der Waals surface area contributed by atoms with Crippen molar-refractivity contribution in [1.29, 1.82) is 0 Å². The van der Waals surface area contributed by atoms with Crippen LogP contribution in [0.1, 0.15) is 12.5 Å². The van der Waals surface area contributed by atoms with E-state index in [2.05, 4.69) is 31.9 Å². The van der Waals surface area contributed by atoms with E-state index in [0.717, 1.165) is 8.95 Å². The molecule has 0 saturated heterocycles. The maximum absolute atomic E-state index is 13.6. The molecule has 0 spiro atoms. The Morgan fingerprint density at radius 2 is 2.00 bits per heavy atom. The van der Waals surface area contributed by atoms with E-state index in [1.54, 1.807) is 18.2 Å². The summed E-state index contributed by atoms with van der Waals surface area (Å²) < 4.78 is 15.2. The minimum atomic E-state index is -1.68. The Bertz CT molecular complexity index is 312. The third-order valence-electron chi connectivity index (χ3n) is 1.82. The molecule has 1 nitrogen and oxygen atoms in total. The van der Waals surface area contributed by atoms with E-state index in [0.29, 0.717) is 5.56 Å². The summed E-state index contributed by atoms with van der Waals surface area (Å²) in [5.74, 6) is 0. The molecule has 0 aliphatic carbocycles. The Balaban J connectivity index is 3.10. The monoisotopic (exact) mass is 310 g/mol. The van der Waals surface area contributed by atoms with Crippen LogP contribution >= 0.6 is 31.9 Å². The van der Waals surface area contributed by atoms with Gasteiger partial charge in [-0.3, -0.25) is 0 Å². The first-order valence-corrected chi connectivity index (χ1v) is 5.31. The SMILES string of the molecule is CC(F)(CO)c1ccc(Br)c(Br)c1. The van der Waals surface area contributed by atoms with Gasteiger partial charge in [-0.05, 0) is 56.5 Å². The van der Waals surface area contributed by atoms with E-state index in [1.165, 1.54) is 6.92 Å². The fourth-order valence-electron chi connectivity index (χ4n) is 0.912. The van der Waals surface area contributed by atoms with Gasteiger partial charge in [0.1, 0.15) is 0 Å². The summed E-state index contributed by atoms with van der Waals surface area (Å²) in [5.41, 5.74) is -1.21. The van der Waals surface area contributed by atoms with Gasteiger partial charge < -0.3 is 5.11 Å². The largest absolute Gasteiger partial charge is 0.393 e. The predicted molar refractivity (Wildman–Crippen MR) is 57.4 cm³/mol. The number of halogens is 3. The molecule has 1 aromatic rings. The second kappa shape index (κ2) is 4.07. The van der Waals surface area contributed by atoms with Crippen molar-refractivity contribution in [2.24, 2.45) is 0 Å². The lowest BCUT2D eigenvalue weighted by Gasteiger charge is -2.18. The second-order valence-corrected chi connectivity index (χ2v) is 4.69. The lowest BCUT2D eigenvalue weighted by atomic mass is 9.99. The van der Waals surface area contributed by atoms with Crippen molar-refractivity contribution in [2.45, 2.75) is 12.6 Å². The first-order valence-electron chi connectivity index (χ1n) is 3.72. The Hall–Kier alpha value is 0.0700. The Morgan fingerprint density at radius 3 is 2.46 bits per heavy atom. The topological polar surface area (TPSA) is 20.2 Å². The van der Waals surface area contributed by atoms with E-state index in [4.69, 9.17) is 5.11 Å². The van der Waals surface area contributed by atoms with Gasteiger partial charge in [0.05, 0.1) is 6.61 Å². The van der Waals surface area contributed by atoms with E-state index in [-0.39, 0.29) is 0 Å². The van der Waals surface area contributed by atoms with Crippen LogP contribution in [0.5, 0.6) is 0 Å². The number of hydrogen-bond donors (Lipinski definition) is 1. The molecule has 1 rings (SSSR count). The van der Waals surface area contributed by atoms with Crippen LogP contribution in [0.3, 0.4) is 0 Å². The van der Waals surface area contributed by atoms with Gasteiger partial charge in [-0.2, -0.15) is 0 Å². The zero-order valence-corrected chi connectivity index (χ0v) is 10.2. The number of benzene rings is 1. The average molecular weight is 312 g/mol. The molecule has 0 radical (unpaired) electrons. The van der Waals surface area contributed by atoms with Crippen LogP contribution in [0.2, 0.25) is 0 Å². The molecule has 0 saturated carbocycles. The average Bonchev–Trinajstić information content (AvgIpc) is 2.09. The fourth-order valence-corrected chi connectivity index (χ4v) is 1.54. The highest BCUT2D eigenvalue weighted by atomic mass is 79.9. The highest BCUT2D eigenvalue weighted by Gasteiger charge is 2.24. The molecule has 13 heavy (non-hydrogen) atoms. The number of alkyl halides is 1. The van der Waals surface area contributed by atoms with E-state index < -0.39 is 12.3 Å². The van der Waals surface area contributed by atoms with Gasteiger partial charge in [-0.1, -0.05) is 6.07 Å². The third-order valence-corrected chi connectivity index (χ3v) is 3.70. The van der Waals surface area contributed by atoms with E-state index >= 15 is 0 Å². The van der Waals surface area contributed by atoms with Gasteiger partial charge in [-0.15, -0.1) is 0 Å². The quantitative estimate of drug-likeness (QED) is 0.887. The first-order chi connectivity index (χ1) is 5.97. The summed E-state index contributed by atoms with van der Waals surface area (Å²) in [5, 5.41) is 8.81. The van der Waals surface area contributed by atoms with Gasteiger partial charge >= 0.3 is 0 Å². The normalized spacial score (nSPS) is 15.5. The summed E-state index contributed by atoms with van der Waals surface area (Å²) in [6.45, 7) is 0.837. The van der Waals surface area contributed by atoms with Gasteiger partial charge in [0.2, 0.25) is 0 Å². The number of aliphatic hydroxyl groups is 1. The standard InChI is InChI=1S/C9H9Br2FO/c1-9(12,5-13)6-2-3-7(10)8(11)4-6/h2-4,13H,5H2,1H3. The molecular weight excluding hydrogens is 303 g/mol. The molecule has 1 N–H and O–H groups in total. The van der Waals surface area contributed by atoms with Crippen LogP contribution in [0, 0.1) is 0 Å². The maximum atomic E-state index is 13.6. The van der Waals surface area contributed by atoms with Gasteiger partial charge in [0.25, 0.3) is 0 Å². The third kappa shape index (κ3) is 2.51. The summed E-state index contributed by atoms with van der Waals surface area (Å²) in [7, 11) is 0. The minimum Gasteiger partial charge on any atom is -0.393 e. The smallest absolute Gasteiger partial charge is 0.156 e. The first kappa shape index (κ1) is 11.1. The predicted octanol–water partition coefficient (Wildman–Crippen LogP) is 3.39. The van der Waals surface area contributed by atoms with Crippen molar-refractivity contribution < 1.29 is 9.50 Å². The van der Waals surface area contributed by atoms with Crippen LogP contribution in [-0.2, 0) is 5.67 Å². The van der Waals surface area contributed by atoms with Crippen LogP contribution < -0.4 is 0 Å². The number of hydrogen-bond acceptors (Lipinski definition) is 1. The van der Waals surface area contributed by atoms with Gasteiger partial charge in [-0.25, -0.2) is 4.39 Å². The molecule has 1 atom stereocenters. The molecule has 0 amide bonds. The Labute approximate surface area is 93.2 Å². The number of rotatable bonds is 2. The lowest BCUT2D eigenvalue weighted by molar-refractivity contribution is 0.0867. The molecule has 0 heterocycles. The molecule has 0 fully saturated rings. The summed E-state index contributed by atoms with van der Waals surface area (Å²) >= 11 is 6.56. The summed E-state index contributed by atoms with van der Waals surface area (Å²) in [4.78, 5) is 0. The van der Waals surface area contributed by atoms with Gasteiger partial charge in [0.15, 0.2) is 5.67 Å². The van der Waals surface area contributed by atoms with E-state index in [9.17, 15) is 4.39 Å². The molecule has 0 aliphatic rings. The highest BCUT2D eigenvalue weighted by molar-refractivity contribution is 9.13. The minimum absolute atomic E-state index is 0.463. The van der Waals surface area contributed by atoms with Crippen molar-refractivity contribution in [3.8, 4) is 0 Å². The van der Waals surface area contributed by atoms with Gasteiger partial charge in [0, 0.05) is 8.95 Å². The zero-order valence-electron chi connectivity index (χ0n) is 7.02. The highest BCUT2D eigenvalue weighted by Crippen LogP contribution is 2.31. The molecular formula is C9H9Br2FO. The van der Waals surface area contributed by atoms with Crippen LogP contribution in [0.15, 0.2) is 27.1 Å². The van der Waals surface area contributed by atoms with Crippen LogP contribution in [-0.4, -0.2) is 11.7 Å². The molecule has 1 aromatic carbocycles. The molecule has 0 aliphatic heterocycles. The van der Waals surface area contributed by atoms with Crippen molar-refractivity contribution in [3.05, 3.63) is 32.7 Å². The summed E-state index contributed by atoms with van der Waals surface area (Å²) in [6, 6.07) is 5.04. The molecule has 72 valence electrons. The van der Waals surface area contributed by atoms with Crippen molar-refractivity contribution in [3.63, 3.8) is 0 Å².